The van der Waals surface area contributed by atoms with Gasteiger partial charge >= 0.3 is 11.9 Å². The third-order valence-electron chi connectivity index (χ3n) is 9.62. The van der Waals surface area contributed by atoms with Gasteiger partial charge in [0.1, 0.15) is 21.3 Å². The first-order valence-corrected chi connectivity index (χ1v) is 18.7. The van der Waals surface area contributed by atoms with Crippen LogP contribution in [0.15, 0.2) is 60.7 Å². The summed E-state index contributed by atoms with van der Waals surface area (Å²) in [5.74, 6) is -0.596. The molecule has 8 rings (SSSR count). The molecule has 0 aliphatic carbocycles. The van der Waals surface area contributed by atoms with Crippen molar-refractivity contribution in [3.8, 4) is 23.0 Å². The first kappa shape index (κ1) is 34.3. The molecule has 0 saturated heterocycles. The molecule has 5 aromatic rings. The second kappa shape index (κ2) is 13.6. The van der Waals surface area contributed by atoms with E-state index in [2.05, 4.69) is 0 Å². The Morgan fingerprint density at radius 1 is 0.692 bits per heavy atom. The fourth-order valence-electron chi connectivity index (χ4n) is 7.54. The van der Waals surface area contributed by atoms with Gasteiger partial charge in [-0.2, -0.15) is 0 Å². The van der Waals surface area contributed by atoms with E-state index in [-0.39, 0.29) is 57.9 Å². The molecule has 0 radical (unpaired) electrons. The number of carbonyl (C=O) groups is 4. The number of thiophene rings is 1. The first-order chi connectivity index (χ1) is 25.2. The molecule has 3 aliphatic heterocycles. The number of alkyl halides is 2. The Balaban J connectivity index is 1.24. The summed E-state index contributed by atoms with van der Waals surface area (Å²) in [4.78, 5) is 57.3. The number of ether oxygens (including phenoxy) is 4. The van der Waals surface area contributed by atoms with Crippen LogP contribution in [0.1, 0.15) is 62.6 Å². The van der Waals surface area contributed by atoms with E-state index in [4.69, 9.17) is 42.1 Å². The van der Waals surface area contributed by atoms with Crippen molar-refractivity contribution in [3.63, 3.8) is 0 Å². The average molecular weight is 760 g/mol. The predicted molar refractivity (Wildman–Crippen MR) is 201 cm³/mol. The lowest BCUT2D eigenvalue weighted by molar-refractivity contribution is -0.132. The Kier molecular flexibility index (Phi) is 8.97. The first-order valence-electron chi connectivity index (χ1n) is 16.9. The van der Waals surface area contributed by atoms with Crippen LogP contribution in [0.4, 0.5) is 11.4 Å². The molecule has 2 unspecified atom stereocenters. The fourth-order valence-corrected chi connectivity index (χ4v) is 9.13. The van der Waals surface area contributed by atoms with Gasteiger partial charge in [-0.25, -0.2) is 0 Å². The van der Waals surface area contributed by atoms with Gasteiger partial charge in [-0.15, -0.1) is 34.5 Å². The summed E-state index contributed by atoms with van der Waals surface area (Å²) in [5.41, 5.74) is 2.89. The van der Waals surface area contributed by atoms with Gasteiger partial charge in [0.15, 0.2) is 11.5 Å². The molecule has 0 N–H and O–H groups in total. The quantitative estimate of drug-likeness (QED) is 0.0973. The van der Waals surface area contributed by atoms with Gasteiger partial charge in [0.05, 0.1) is 24.6 Å². The van der Waals surface area contributed by atoms with Gasteiger partial charge in [-0.05, 0) is 21.9 Å². The van der Waals surface area contributed by atoms with Crippen LogP contribution in [-0.4, -0.2) is 61.8 Å². The molecule has 13 heteroatoms. The van der Waals surface area contributed by atoms with Crippen LogP contribution in [-0.2, 0) is 9.59 Å². The van der Waals surface area contributed by atoms with Crippen LogP contribution >= 0.6 is 34.5 Å². The summed E-state index contributed by atoms with van der Waals surface area (Å²) in [6, 6.07) is 18.5. The highest BCUT2D eigenvalue weighted by Gasteiger charge is 2.42. The fraction of sp³-hybridized carbons (Fsp3) is 0.282. The SMILES string of the molecule is CC(=O)Oc1cc2c(c3ccccc13)C(CCl)CN2C(=O)c1sc(C(=O)N2CC(CCl)c3c2cc(OC(C)=O)c2ccccc32)c2c1OCCCO2. The van der Waals surface area contributed by atoms with Gasteiger partial charge in [-0.1, -0.05) is 48.5 Å². The Bertz CT molecular complexity index is 2170. The zero-order valence-corrected chi connectivity index (χ0v) is 30.5. The van der Waals surface area contributed by atoms with Gasteiger partial charge in [0, 0.05) is 79.9 Å². The lowest BCUT2D eigenvalue weighted by atomic mass is 9.95. The largest absolute Gasteiger partial charge is 0.488 e. The van der Waals surface area contributed by atoms with Crippen molar-refractivity contribution in [3.05, 3.63) is 81.5 Å². The van der Waals surface area contributed by atoms with Crippen molar-refractivity contribution in [2.75, 3.05) is 47.9 Å². The molecular formula is C39H32Cl2N2O8S. The lowest BCUT2D eigenvalue weighted by Crippen LogP contribution is -2.30. The summed E-state index contributed by atoms with van der Waals surface area (Å²) in [7, 11) is 0. The Hall–Kier alpha value is -4.84. The number of fused-ring (bicyclic) bond motifs is 7. The molecule has 2 amide bonds. The second-order valence-corrected chi connectivity index (χ2v) is 14.5. The minimum atomic E-state index is -0.486. The van der Waals surface area contributed by atoms with E-state index in [1.807, 2.05) is 48.5 Å². The van der Waals surface area contributed by atoms with E-state index in [9.17, 15) is 19.2 Å². The summed E-state index contributed by atoms with van der Waals surface area (Å²) >= 11 is 14.0. The Labute approximate surface area is 312 Å². The van der Waals surface area contributed by atoms with Gasteiger partial charge in [0.2, 0.25) is 0 Å². The number of anilines is 2. The van der Waals surface area contributed by atoms with E-state index in [0.29, 0.717) is 42.5 Å². The summed E-state index contributed by atoms with van der Waals surface area (Å²) in [6.45, 7) is 3.78. The number of benzene rings is 4. The molecule has 1 aromatic heterocycles. The molecule has 0 bridgehead atoms. The maximum absolute atomic E-state index is 14.7. The van der Waals surface area contributed by atoms with Crippen LogP contribution in [0, 0.1) is 0 Å². The summed E-state index contributed by atoms with van der Waals surface area (Å²) < 4.78 is 23.6. The summed E-state index contributed by atoms with van der Waals surface area (Å²) in [5, 5.41) is 3.14. The van der Waals surface area contributed by atoms with Crippen molar-refractivity contribution < 1.29 is 38.1 Å². The maximum Gasteiger partial charge on any atom is 0.308 e. The maximum atomic E-state index is 14.7. The number of nitrogens with zero attached hydrogens (tertiary/aromatic N) is 2. The zero-order valence-electron chi connectivity index (χ0n) is 28.2. The molecule has 266 valence electrons. The third-order valence-corrected chi connectivity index (χ3v) is 11.5. The van der Waals surface area contributed by atoms with E-state index < -0.39 is 23.8 Å². The third kappa shape index (κ3) is 5.62. The van der Waals surface area contributed by atoms with E-state index >= 15 is 0 Å². The Morgan fingerprint density at radius 3 is 1.48 bits per heavy atom. The minimum Gasteiger partial charge on any atom is -0.488 e. The highest BCUT2D eigenvalue weighted by atomic mass is 35.5. The van der Waals surface area contributed by atoms with Crippen LogP contribution in [0.3, 0.4) is 0 Å². The van der Waals surface area contributed by atoms with Crippen LogP contribution in [0.5, 0.6) is 23.0 Å². The number of hydrogen-bond acceptors (Lipinski definition) is 9. The van der Waals surface area contributed by atoms with E-state index in [1.165, 1.54) is 13.8 Å². The van der Waals surface area contributed by atoms with Crippen molar-refractivity contribution in [1.82, 2.24) is 0 Å². The number of halogens is 2. The number of rotatable bonds is 6. The Morgan fingerprint density at radius 2 is 1.10 bits per heavy atom. The van der Waals surface area contributed by atoms with Crippen LogP contribution < -0.4 is 28.7 Å². The van der Waals surface area contributed by atoms with Gasteiger partial charge < -0.3 is 28.7 Å². The average Bonchev–Trinajstić information content (AvgIpc) is 3.76. The molecule has 4 aromatic carbocycles. The number of amides is 2. The molecular weight excluding hydrogens is 727 g/mol. The van der Waals surface area contributed by atoms with Gasteiger partial charge in [0.25, 0.3) is 11.8 Å². The molecule has 3 aliphatic rings. The van der Waals surface area contributed by atoms with Crippen molar-refractivity contribution >= 4 is 91.2 Å². The second-order valence-electron chi connectivity index (χ2n) is 12.9. The number of hydrogen-bond donors (Lipinski definition) is 0. The minimum absolute atomic E-state index is 0.205. The molecule has 2 atom stereocenters. The van der Waals surface area contributed by atoms with Crippen molar-refractivity contribution in [2.24, 2.45) is 0 Å². The molecule has 0 spiro atoms. The molecule has 0 saturated carbocycles. The topological polar surface area (TPSA) is 112 Å². The van der Waals surface area contributed by atoms with E-state index in [1.54, 1.807) is 21.9 Å². The molecule has 0 fully saturated rings. The zero-order chi connectivity index (χ0) is 36.3. The predicted octanol–water partition coefficient (Wildman–Crippen LogP) is 8.03. The summed E-state index contributed by atoms with van der Waals surface area (Å²) in [6.07, 6.45) is 0.553. The number of esters is 2. The van der Waals surface area contributed by atoms with Crippen LogP contribution in [0.2, 0.25) is 0 Å². The van der Waals surface area contributed by atoms with Crippen molar-refractivity contribution in [2.45, 2.75) is 32.1 Å². The molecule has 52 heavy (non-hydrogen) atoms. The van der Waals surface area contributed by atoms with Crippen LogP contribution in [0.25, 0.3) is 21.5 Å². The molecule has 10 nitrogen and oxygen atoms in total. The monoisotopic (exact) mass is 758 g/mol. The van der Waals surface area contributed by atoms with Gasteiger partial charge in [-0.3, -0.25) is 19.2 Å². The lowest BCUT2D eigenvalue weighted by Gasteiger charge is -2.19. The smallest absolute Gasteiger partial charge is 0.308 e. The molecule has 4 heterocycles. The standard InChI is InChI=1S/C39H32Cl2N2O8S/c1-20(44)50-30-14-28-32(26-10-5-3-8-24(26)30)22(16-40)18-42(28)38(46)36-34-35(49-13-7-12-48-34)37(52-36)39(47)43-19-23(17-41)33-27-11-6-4-9-25(27)31(15-29(33)43)51-21(2)45/h3-6,8-11,14-15,22-23H,7,12-13,16-19H2,1-2H3. The highest BCUT2D eigenvalue weighted by Crippen LogP contribution is 2.51. The van der Waals surface area contributed by atoms with Crippen molar-refractivity contribution in [1.29, 1.82) is 0 Å². The normalized spacial score (nSPS) is 17.5. The van der Waals surface area contributed by atoms with E-state index in [0.717, 1.165) is 44.0 Å². The number of carbonyl (C=O) groups excluding carboxylic acids is 4. The highest BCUT2D eigenvalue weighted by molar-refractivity contribution is 7.17.